The van der Waals surface area contributed by atoms with Gasteiger partial charge < -0.3 is 4.74 Å². The van der Waals surface area contributed by atoms with E-state index in [0.717, 1.165) is 11.3 Å². The van der Waals surface area contributed by atoms with Crippen LogP contribution < -0.4 is 4.74 Å². The van der Waals surface area contributed by atoms with E-state index in [-0.39, 0.29) is 16.4 Å². The van der Waals surface area contributed by atoms with Crippen LogP contribution in [0.1, 0.15) is 5.56 Å². The van der Waals surface area contributed by atoms with Gasteiger partial charge in [0.05, 0.1) is 27.1 Å². The molecule has 0 bridgehead atoms. The van der Waals surface area contributed by atoms with Gasteiger partial charge in [-0.3, -0.25) is 10.1 Å². The molecule has 3 aromatic carbocycles. The van der Waals surface area contributed by atoms with Gasteiger partial charge in [0.1, 0.15) is 16.6 Å². The fourth-order valence-corrected chi connectivity index (χ4v) is 4.77. The van der Waals surface area contributed by atoms with Crippen LogP contribution in [0.2, 0.25) is 0 Å². The van der Waals surface area contributed by atoms with E-state index >= 15 is 0 Å². The Morgan fingerprint density at radius 3 is 2.66 bits per heavy atom. The van der Waals surface area contributed by atoms with Crippen molar-refractivity contribution in [3.05, 3.63) is 82.2 Å². The summed E-state index contributed by atoms with van der Waals surface area (Å²) in [5, 5.41) is 12.3. The van der Waals surface area contributed by atoms with Gasteiger partial charge in [-0.1, -0.05) is 18.2 Å². The van der Waals surface area contributed by atoms with E-state index in [1.165, 1.54) is 41.3 Å². The van der Waals surface area contributed by atoms with Crippen LogP contribution in [0.15, 0.2) is 65.6 Å². The number of rotatable bonds is 6. The van der Waals surface area contributed by atoms with Crippen molar-refractivity contribution in [3.63, 3.8) is 0 Å². The number of fused-ring (bicyclic) bond motifs is 1. The highest BCUT2D eigenvalue weighted by molar-refractivity contribution is 7.98. The Morgan fingerprint density at radius 2 is 1.93 bits per heavy atom. The zero-order valence-electron chi connectivity index (χ0n) is 15.3. The lowest BCUT2D eigenvalue weighted by molar-refractivity contribution is -0.387. The van der Waals surface area contributed by atoms with Crippen molar-refractivity contribution in [1.82, 2.24) is 4.98 Å². The zero-order chi connectivity index (χ0) is 20.4. The van der Waals surface area contributed by atoms with Crippen molar-refractivity contribution >= 4 is 39.0 Å². The first-order chi connectivity index (χ1) is 14.0. The highest BCUT2D eigenvalue weighted by atomic mass is 32.2. The molecule has 146 valence electrons. The minimum absolute atomic E-state index is 0.0337. The summed E-state index contributed by atoms with van der Waals surface area (Å²) >= 11 is 2.72. The van der Waals surface area contributed by atoms with E-state index in [1.807, 2.05) is 30.3 Å². The number of thiazole rings is 1. The summed E-state index contributed by atoms with van der Waals surface area (Å²) in [7, 11) is 1.61. The molecule has 0 aliphatic rings. The molecular formula is C21H15FN2O3S2. The number of benzene rings is 3. The first kappa shape index (κ1) is 19.4. The summed E-state index contributed by atoms with van der Waals surface area (Å²) in [6.45, 7) is 0. The van der Waals surface area contributed by atoms with Crippen LogP contribution in [-0.4, -0.2) is 17.0 Å². The van der Waals surface area contributed by atoms with Gasteiger partial charge in [0.15, 0.2) is 0 Å². The van der Waals surface area contributed by atoms with Crippen molar-refractivity contribution in [2.75, 3.05) is 7.11 Å². The predicted octanol–water partition coefficient (Wildman–Crippen LogP) is 6.31. The molecule has 1 heterocycles. The summed E-state index contributed by atoms with van der Waals surface area (Å²) in [4.78, 5) is 16.3. The molecule has 0 unspecified atom stereocenters. The molecule has 4 aromatic rings. The minimum Gasteiger partial charge on any atom is -0.497 e. The Labute approximate surface area is 174 Å². The van der Waals surface area contributed by atoms with Gasteiger partial charge in [0.2, 0.25) is 0 Å². The minimum atomic E-state index is -0.382. The number of aromatic nitrogens is 1. The van der Waals surface area contributed by atoms with Crippen LogP contribution >= 0.6 is 23.1 Å². The molecular weight excluding hydrogens is 411 g/mol. The molecule has 0 N–H and O–H groups in total. The fraction of sp³-hybridized carbons (Fsp3) is 0.0952. The SMILES string of the molecule is COc1ccc(CSc2ccc(-c3nc4ccc(F)cc4s3)cc2[N+](=O)[O-])cc1. The summed E-state index contributed by atoms with van der Waals surface area (Å²) in [6.07, 6.45) is 0. The van der Waals surface area contributed by atoms with E-state index in [9.17, 15) is 14.5 Å². The molecule has 8 heteroatoms. The second-order valence-corrected chi connectivity index (χ2v) is 8.26. The lowest BCUT2D eigenvalue weighted by atomic mass is 10.2. The lowest BCUT2D eigenvalue weighted by Crippen LogP contribution is -1.92. The Balaban J connectivity index is 1.61. The summed E-state index contributed by atoms with van der Waals surface area (Å²) in [5.41, 5.74) is 2.40. The largest absolute Gasteiger partial charge is 0.497 e. The quantitative estimate of drug-likeness (QED) is 0.205. The first-order valence-electron chi connectivity index (χ1n) is 8.64. The van der Waals surface area contributed by atoms with Gasteiger partial charge in [-0.25, -0.2) is 9.37 Å². The number of methoxy groups -OCH3 is 1. The monoisotopic (exact) mass is 426 g/mol. The lowest BCUT2D eigenvalue weighted by Gasteiger charge is -2.06. The molecule has 1 aromatic heterocycles. The van der Waals surface area contributed by atoms with Gasteiger partial charge in [-0.2, -0.15) is 0 Å². The average Bonchev–Trinajstić information content (AvgIpc) is 3.15. The van der Waals surface area contributed by atoms with Gasteiger partial charge >= 0.3 is 0 Å². The van der Waals surface area contributed by atoms with E-state index < -0.39 is 0 Å². The maximum atomic E-state index is 13.4. The number of nitrogens with zero attached hydrogens (tertiary/aromatic N) is 2. The standard InChI is InChI=1S/C21H15FN2O3S2/c1-27-16-6-2-13(3-7-16)12-28-19-9-4-14(10-18(19)24(25)26)21-23-17-8-5-15(22)11-20(17)29-21/h2-11H,12H2,1H3. The second kappa shape index (κ2) is 8.18. The van der Waals surface area contributed by atoms with Crippen LogP contribution in [0.25, 0.3) is 20.8 Å². The molecule has 0 atom stereocenters. The number of thioether (sulfide) groups is 1. The Morgan fingerprint density at radius 1 is 1.14 bits per heavy atom. The highest BCUT2D eigenvalue weighted by Crippen LogP contribution is 2.37. The molecule has 0 aliphatic heterocycles. The number of nitro benzene ring substituents is 1. The number of hydrogen-bond acceptors (Lipinski definition) is 6. The van der Waals surface area contributed by atoms with Crippen LogP contribution in [0, 0.1) is 15.9 Å². The molecule has 29 heavy (non-hydrogen) atoms. The highest BCUT2D eigenvalue weighted by Gasteiger charge is 2.17. The molecule has 0 amide bonds. The first-order valence-corrected chi connectivity index (χ1v) is 10.4. The van der Waals surface area contributed by atoms with Crippen molar-refractivity contribution in [2.45, 2.75) is 10.6 Å². The Kier molecular flexibility index (Phi) is 5.46. The third-order valence-corrected chi connectivity index (χ3v) is 6.51. The van der Waals surface area contributed by atoms with Crippen LogP contribution in [-0.2, 0) is 5.75 Å². The van der Waals surface area contributed by atoms with Crippen LogP contribution in [0.3, 0.4) is 0 Å². The zero-order valence-corrected chi connectivity index (χ0v) is 16.9. The number of hydrogen-bond donors (Lipinski definition) is 0. The summed E-state index contributed by atoms with van der Waals surface area (Å²) in [5.74, 6) is 1.04. The molecule has 0 radical (unpaired) electrons. The molecule has 0 spiro atoms. The number of ether oxygens (including phenoxy) is 1. The maximum absolute atomic E-state index is 13.4. The third kappa shape index (κ3) is 4.23. The third-order valence-electron chi connectivity index (χ3n) is 4.31. The van der Waals surface area contributed by atoms with Crippen molar-refractivity contribution < 1.29 is 14.1 Å². The molecule has 0 fully saturated rings. The number of halogens is 1. The Bertz CT molecular complexity index is 1190. The van der Waals surface area contributed by atoms with Gasteiger partial charge in [0.25, 0.3) is 5.69 Å². The van der Waals surface area contributed by atoms with E-state index in [1.54, 1.807) is 19.2 Å². The average molecular weight is 426 g/mol. The molecule has 0 aliphatic carbocycles. The molecule has 0 saturated carbocycles. The van der Waals surface area contributed by atoms with Crippen LogP contribution in [0.4, 0.5) is 10.1 Å². The predicted molar refractivity (Wildman–Crippen MR) is 114 cm³/mol. The van der Waals surface area contributed by atoms with Crippen molar-refractivity contribution in [3.8, 4) is 16.3 Å². The molecule has 0 saturated heterocycles. The van der Waals surface area contributed by atoms with Crippen LogP contribution in [0.5, 0.6) is 5.75 Å². The van der Waals surface area contributed by atoms with Crippen molar-refractivity contribution in [2.24, 2.45) is 0 Å². The van der Waals surface area contributed by atoms with E-state index in [2.05, 4.69) is 4.98 Å². The number of nitro groups is 1. The molecule has 4 rings (SSSR count). The molecule has 5 nitrogen and oxygen atoms in total. The summed E-state index contributed by atoms with van der Waals surface area (Å²) in [6, 6.07) is 17.1. The topological polar surface area (TPSA) is 65.3 Å². The second-order valence-electron chi connectivity index (χ2n) is 6.21. The maximum Gasteiger partial charge on any atom is 0.283 e. The fourth-order valence-electron chi connectivity index (χ4n) is 2.82. The normalized spacial score (nSPS) is 11.0. The van der Waals surface area contributed by atoms with Gasteiger partial charge in [-0.05, 0) is 42.0 Å². The van der Waals surface area contributed by atoms with E-state index in [0.29, 0.717) is 31.4 Å². The van der Waals surface area contributed by atoms with Gasteiger partial charge in [-0.15, -0.1) is 23.1 Å². The van der Waals surface area contributed by atoms with Crippen molar-refractivity contribution in [1.29, 1.82) is 0 Å². The van der Waals surface area contributed by atoms with Gasteiger partial charge in [0, 0.05) is 17.4 Å². The van der Waals surface area contributed by atoms with E-state index in [4.69, 9.17) is 4.74 Å². The Hall–Kier alpha value is -2.97. The summed E-state index contributed by atoms with van der Waals surface area (Å²) < 4.78 is 19.3. The smallest absolute Gasteiger partial charge is 0.283 e.